The van der Waals surface area contributed by atoms with Crippen LogP contribution in [0.2, 0.25) is 0 Å². The number of carbonyl (C=O) groups excluding carboxylic acids is 1. The number of aromatic nitrogens is 3. The third-order valence-corrected chi connectivity index (χ3v) is 4.09. The molecule has 1 amide bonds. The molecule has 0 spiro atoms. The Morgan fingerprint density at radius 2 is 2.00 bits per heavy atom. The first kappa shape index (κ1) is 16.2. The molecule has 0 radical (unpaired) electrons. The summed E-state index contributed by atoms with van der Waals surface area (Å²) in [5.41, 5.74) is 1.62. The summed E-state index contributed by atoms with van der Waals surface area (Å²) in [6, 6.07) is 9.52. The highest BCUT2D eigenvalue weighted by molar-refractivity contribution is 7.99. The Morgan fingerprint density at radius 3 is 2.67 bits per heavy atom. The van der Waals surface area contributed by atoms with Gasteiger partial charge < -0.3 is 5.32 Å². The van der Waals surface area contributed by atoms with E-state index in [-0.39, 0.29) is 11.7 Å². The lowest BCUT2D eigenvalue weighted by Gasteiger charge is -2.09. The minimum absolute atomic E-state index is 0.311. The predicted molar refractivity (Wildman–Crippen MR) is 92.1 cm³/mol. The van der Waals surface area contributed by atoms with Gasteiger partial charge in [-0.3, -0.25) is 9.36 Å². The van der Waals surface area contributed by atoms with E-state index in [1.165, 1.54) is 24.7 Å². The van der Waals surface area contributed by atoms with E-state index in [1.807, 2.05) is 12.1 Å². The van der Waals surface area contributed by atoms with Crippen molar-refractivity contribution < 1.29 is 9.18 Å². The van der Waals surface area contributed by atoms with Crippen LogP contribution in [-0.4, -0.2) is 26.2 Å². The summed E-state index contributed by atoms with van der Waals surface area (Å²) < 4.78 is 14.7. The normalized spacial score (nSPS) is 10.6. The third-order valence-electron chi connectivity index (χ3n) is 3.26. The molecule has 0 atom stereocenters. The molecular formula is C17H15FN4OS. The van der Waals surface area contributed by atoms with E-state index < -0.39 is 0 Å². The van der Waals surface area contributed by atoms with E-state index >= 15 is 0 Å². The van der Waals surface area contributed by atoms with E-state index in [2.05, 4.69) is 22.2 Å². The first-order chi connectivity index (χ1) is 11.7. The van der Waals surface area contributed by atoms with Crippen LogP contribution in [0.1, 0.15) is 17.4 Å². The largest absolute Gasteiger partial charge is 0.319 e. The number of hydrogen-bond acceptors (Lipinski definition) is 4. The van der Waals surface area contributed by atoms with Gasteiger partial charge in [-0.15, -0.1) is 11.8 Å². The molecule has 0 bridgehead atoms. The molecule has 0 aliphatic rings. The van der Waals surface area contributed by atoms with Gasteiger partial charge in [-0.2, -0.15) is 0 Å². The molecule has 0 saturated carbocycles. The topological polar surface area (TPSA) is 59.8 Å². The smallest absolute Gasteiger partial charge is 0.274 e. The van der Waals surface area contributed by atoms with Gasteiger partial charge in [0.25, 0.3) is 5.91 Å². The van der Waals surface area contributed by atoms with Crippen molar-refractivity contribution in [2.45, 2.75) is 11.9 Å². The molecule has 5 nitrogen and oxygen atoms in total. The first-order valence-electron chi connectivity index (χ1n) is 7.36. The maximum Gasteiger partial charge on any atom is 0.274 e. The summed E-state index contributed by atoms with van der Waals surface area (Å²) in [4.78, 5) is 20.8. The number of anilines is 1. The molecular weight excluding hydrogens is 327 g/mol. The van der Waals surface area contributed by atoms with Crippen LogP contribution < -0.4 is 5.32 Å². The molecule has 3 rings (SSSR count). The molecule has 24 heavy (non-hydrogen) atoms. The Hall–Kier alpha value is -2.67. The number of nitrogens with one attached hydrogen (secondary N) is 1. The molecule has 0 aliphatic carbocycles. The molecule has 0 unspecified atom stereocenters. The zero-order valence-corrected chi connectivity index (χ0v) is 13.8. The SMILES string of the molecule is CCSc1ccc(NC(=O)c2cncn2-c2ccc(F)cc2)cn1. The second kappa shape index (κ2) is 7.27. The van der Waals surface area contributed by atoms with Crippen molar-refractivity contribution in [1.82, 2.24) is 14.5 Å². The van der Waals surface area contributed by atoms with Gasteiger partial charge in [0.2, 0.25) is 0 Å². The quantitative estimate of drug-likeness (QED) is 0.717. The maximum atomic E-state index is 13.0. The van der Waals surface area contributed by atoms with Gasteiger partial charge in [0.05, 0.1) is 29.4 Å². The van der Waals surface area contributed by atoms with Crippen molar-refractivity contribution >= 4 is 23.4 Å². The summed E-state index contributed by atoms with van der Waals surface area (Å²) in [5.74, 6) is 0.297. The van der Waals surface area contributed by atoms with Crippen LogP contribution in [0, 0.1) is 5.82 Å². The van der Waals surface area contributed by atoms with E-state index in [4.69, 9.17) is 0 Å². The second-order valence-corrected chi connectivity index (χ2v) is 6.18. The fourth-order valence-corrected chi connectivity index (χ4v) is 2.74. The second-order valence-electron chi connectivity index (χ2n) is 4.90. The van der Waals surface area contributed by atoms with Gasteiger partial charge in [0.15, 0.2) is 0 Å². The van der Waals surface area contributed by atoms with Crippen molar-refractivity contribution in [3.05, 3.63) is 66.6 Å². The van der Waals surface area contributed by atoms with Gasteiger partial charge in [-0.1, -0.05) is 6.92 Å². The van der Waals surface area contributed by atoms with Gasteiger partial charge in [0, 0.05) is 5.69 Å². The number of hydrogen-bond donors (Lipinski definition) is 1. The molecule has 3 aromatic rings. The summed E-state index contributed by atoms with van der Waals surface area (Å²) in [7, 11) is 0. The number of thioether (sulfide) groups is 1. The van der Waals surface area contributed by atoms with E-state index in [0.717, 1.165) is 10.8 Å². The van der Waals surface area contributed by atoms with Crippen LogP contribution >= 0.6 is 11.8 Å². The fourth-order valence-electron chi connectivity index (χ4n) is 2.15. The van der Waals surface area contributed by atoms with Crippen LogP contribution in [0.25, 0.3) is 5.69 Å². The van der Waals surface area contributed by atoms with Crippen molar-refractivity contribution in [2.75, 3.05) is 11.1 Å². The fraction of sp³-hybridized carbons (Fsp3) is 0.118. The lowest BCUT2D eigenvalue weighted by molar-refractivity contribution is 0.102. The molecule has 0 saturated heterocycles. The van der Waals surface area contributed by atoms with Crippen LogP contribution in [0.4, 0.5) is 10.1 Å². The van der Waals surface area contributed by atoms with Crippen LogP contribution in [0.15, 0.2) is 60.1 Å². The highest BCUT2D eigenvalue weighted by atomic mass is 32.2. The average molecular weight is 342 g/mol. The zero-order valence-electron chi connectivity index (χ0n) is 12.9. The average Bonchev–Trinajstić information content (AvgIpc) is 3.07. The minimum atomic E-state index is -0.332. The van der Waals surface area contributed by atoms with Crippen molar-refractivity contribution in [3.8, 4) is 5.69 Å². The van der Waals surface area contributed by atoms with Crippen LogP contribution in [-0.2, 0) is 0 Å². The van der Waals surface area contributed by atoms with E-state index in [0.29, 0.717) is 17.1 Å². The molecule has 2 aromatic heterocycles. The number of nitrogens with zero attached hydrogens (tertiary/aromatic N) is 3. The van der Waals surface area contributed by atoms with Crippen LogP contribution in [0.3, 0.4) is 0 Å². The number of imidazole rings is 1. The standard InChI is InChI=1S/C17H15FN4OS/c1-2-24-16-8-5-13(9-20-16)21-17(23)15-10-19-11-22(15)14-6-3-12(18)4-7-14/h3-11H,2H2,1H3,(H,21,23). The Balaban J connectivity index is 1.78. The monoisotopic (exact) mass is 342 g/mol. The molecule has 7 heteroatoms. The zero-order chi connectivity index (χ0) is 16.9. The number of halogens is 1. The molecule has 2 heterocycles. The predicted octanol–water partition coefficient (Wildman–Crippen LogP) is 3.77. The van der Waals surface area contributed by atoms with E-state index in [1.54, 1.807) is 34.7 Å². The highest BCUT2D eigenvalue weighted by Crippen LogP contribution is 2.18. The number of benzene rings is 1. The maximum absolute atomic E-state index is 13.0. The summed E-state index contributed by atoms with van der Waals surface area (Å²) in [6.07, 6.45) is 4.60. The molecule has 122 valence electrons. The Morgan fingerprint density at radius 1 is 1.21 bits per heavy atom. The molecule has 1 aromatic carbocycles. The number of carbonyl (C=O) groups is 1. The highest BCUT2D eigenvalue weighted by Gasteiger charge is 2.13. The number of rotatable bonds is 5. The Kier molecular flexibility index (Phi) is 4.90. The number of amides is 1. The van der Waals surface area contributed by atoms with Gasteiger partial charge >= 0.3 is 0 Å². The number of pyridine rings is 1. The van der Waals surface area contributed by atoms with E-state index in [9.17, 15) is 9.18 Å². The van der Waals surface area contributed by atoms with Crippen molar-refractivity contribution in [1.29, 1.82) is 0 Å². The summed E-state index contributed by atoms with van der Waals surface area (Å²) >= 11 is 1.63. The molecule has 0 fully saturated rings. The van der Waals surface area contributed by atoms with Crippen molar-refractivity contribution in [2.24, 2.45) is 0 Å². The molecule has 1 N–H and O–H groups in total. The lowest BCUT2D eigenvalue weighted by Crippen LogP contribution is -2.16. The lowest BCUT2D eigenvalue weighted by atomic mass is 10.3. The molecule has 0 aliphatic heterocycles. The Labute approximate surface area is 142 Å². The summed E-state index contributed by atoms with van der Waals surface area (Å²) in [6.45, 7) is 2.05. The minimum Gasteiger partial charge on any atom is -0.319 e. The first-order valence-corrected chi connectivity index (χ1v) is 8.34. The van der Waals surface area contributed by atoms with Gasteiger partial charge in [-0.25, -0.2) is 14.4 Å². The van der Waals surface area contributed by atoms with Crippen molar-refractivity contribution in [3.63, 3.8) is 0 Å². The van der Waals surface area contributed by atoms with Crippen LogP contribution in [0.5, 0.6) is 0 Å². The van der Waals surface area contributed by atoms with Gasteiger partial charge in [-0.05, 0) is 42.2 Å². The Bertz CT molecular complexity index is 831. The third kappa shape index (κ3) is 3.62. The van der Waals surface area contributed by atoms with Gasteiger partial charge in [0.1, 0.15) is 11.5 Å². The summed E-state index contributed by atoms with van der Waals surface area (Å²) in [5, 5.41) is 3.70.